The number of thioether (sulfide) groups is 1. The number of fused-ring (bicyclic) bond motifs is 1. The highest BCUT2D eigenvalue weighted by Crippen LogP contribution is 2.49. The lowest BCUT2D eigenvalue weighted by Crippen LogP contribution is -2.34. The lowest BCUT2D eigenvalue weighted by atomic mass is 9.62. The van der Waals surface area contributed by atoms with E-state index >= 15 is 0 Å². The third-order valence-electron chi connectivity index (χ3n) is 6.77. The first-order chi connectivity index (χ1) is 14.9. The normalized spacial score (nSPS) is 20.2. The van der Waals surface area contributed by atoms with Crippen molar-refractivity contribution in [3.8, 4) is 22.6 Å². The zero-order valence-electron chi connectivity index (χ0n) is 19.4. The number of nitrogens with one attached hydrogen (secondary N) is 1. The monoisotopic (exact) mass is 451 g/mol. The molecule has 32 heavy (non-hydrogen) atoms. The first-order valence-corrected chi connectivity index (χ1v) is 11.6. The number of hydrogen-bond acceptors (Lipinski definition) is 5. The third-order valence-corrected chi connectivity index (χ3v) is 7.58. The van der Waals surface area contributed by atoms with Crippen LogP contribution in [0.3, 0.4) is 0 Å². The van der Waals surface area contributed by atoms with Crippen molar-refractivity contribution in [2.75, 3.05) is 7.11 Å². The van der Waals surface area contributed by atoms with Crippen molar-refractivity contribution in [1.29, 1.82) is 0 Å². The molecular formula is C26H29NO4S. The van der Waals surface area contributed by atoms with Crippen LogP contribution in [-0.4, -0.2) is 23.4 Å². The second-order valence-electron chi connectivity index (χ2n) is 9.94. The molecule has 1 fully saturated rings. The quantitative estimate of drug-likeness (QED) is 0.556. The summed E-state index contributed by atoms with van der Waals surface area (Å²) in [4.78, 5) is 23.8. The van der Waals surface area contributed by atoms with Gasteiger partial charge in [0.1, 0.15) is 11.5 Å². The fourth-order valence-corrected chi connectivity index (χ4v) is 5.33. The molecule has 1 aliphatic heterocycles. The number of aromatic hydroxyl groups is 1. The summed E-state index contributed by atoms with van der Waals surface area (Å²) in [5.41, 5.74) is 6.35. The van der Waals surface area contributed by atoms with Crippen LogP contribution in [-0.2, 0) is 15.6 Å². The summed E-state index contributed by atoms with van der Waals surface area (Å²) >= 11 is 0.829. The second-order valence-corrected chi connectivity index (χ2v) is 11.0. The van der Waals surface area contributed by atoms with Crippen LogP contribution in [0.2, 0.25) is 0 Å². The van der Waals surface area contributed by atoms with Gasteiger partial charge in [0.2, 0.25) is 0 Å². The number of rotatable bonds is 3. The van der Waals surface area contributed by atoms with Gasteiger partial charge < -0.3 is 9.84 Å². The van der Waals surface area contributed by atoms with E-state index in [-0.39, 0.29) is 21.5 Å². The molecule has 0 spiro atoms. The first-order valence-electron chi connectivity index (χ1n) is 10.7. The molecule has 0 radical (unpaired) electrons. The predicted molar refractivity (Wildman–Crippen MR) is 129 cm³/mol. The summed E-state index contributed by atoms with van der Waals surface area (Å²) in [6, 6.07) is 7.94. The highest BCUT2D eigenvalue weighted by atomic mass is 32.2. The third kappa shape index (κ3) is 3.81. The number of methoxy groups -OCH3 is 1. The predicted octanol–water partition coefficient (Wildman–Crippen LogP) is 6.05. The molecule has 0 bridgehead atoms. The van der Waals surface area contributed by atoms with E-state index in [1.807, 2.05) is 6.07 Å². The van der Waals surface area contributed by atoms with Crippen LogP contribution in [0.15, 0.2) is 29.2 Å². The molecule has 0 saturated carbocycles. The smallest absolute Gasteiger partial charge is 0.290 e. The molecule has 2 N–H and O–H groups in total. The van der Waals surface area contributed by atoms with E-state index < -0.39 is 11.1 Å². The summed E-state index contributed by atoms with van der Waals surface area (Å²) in [5.74, 6) is 0.0915. The molecule has 168 valence electrons. The highest BCUT2D eigenvalue weighted by Gasteiger charge is 2.37. The molecule has 1 heterocycles. The Morgan fingerprint density at radius 3 is 2.19 bits per heavy atom. The molecule has 2 aliphatic rings. The van der Waals surface area contributed by atoms with Gasteiger partial charge in [-0.25, -0.2) is 0 Å². The zero-order chi connectivity index (χ0) is 23.4. The number of imide groups is 1. The molecule has 2 aromatic rings. The highest BCUT2D eigenvalue weighted by molar-refractivity contribution is 8.18. The van der Waals surface area contributed by atoms with E-state index in [0.29, 0.717) is 11.3 Å². The fraction of sp³-hybridized carbons (Fsp3) is 0.385. The minimum absolute atomic E-state index is 0.0112. The van der Waals surface area contributed by atoms with Crippen LogP contribution >= 0.6 is 11.8 Å². The van der Waals surface area contributed by atoms with Crippen molar-refractivity contribution in [2.45, 2.75) is 58.3 Å². The number of amides is 2. The SMILES string of the molecule is COc1cc(O)c(/C=C2\SC(=O)NC2=O)cc1-c1cc2c(cc1C)C(C)(C)CCC2(C)C. The van der Waals surface area contributed by atoms with Crippen LogP contribution in [0.5, 0.6) is 11.5 Å². The van der Waals surface area contributed by atoms with Crippen molar-refractivity contribution in [3.63, 3.8) is 0 Å². The van der Waals surface area contributed by atoms with Gasteiger partial charge in [-0.05, 0) is 82.8 Å². The Labute approximate surface area is 193 Å². The lowest BCUT2D eigenvalue weighted by molar-refractivity contribution is -0.115. The molecule has 1 saturated heterocycles. The maximum atomic E-state index is 12.0. The van der Waals surface area contributed by atoms with Gasteiger partial charge in [0.15, 0.2) is 0 Å². The van der Waals surface area contributed by atoms with Crippen molar-refractivity contribution in [3.05, 3.63) is 51.4 Å². The lowest BCUT2D eigenvalue weighted by Gasteiger charge is -2.42. The maximum absolute atomic E-state index is 12.0. The average Bonchev–Trinajstić information content (AvgIpc) is 3.03. The molecular weight excluding hydrogens is 422 g/mol. The number of carbonyl (C=O) groups is 2. The minimum Gasteiger partial charge on any atom is -0.507 e. The van der Waals surface area contributed by atoms with Crippen molar-refractivity contribution < 1.29 is 19.4 Å². The van der Waals surface area contributed by atoms with E-state index in [1.54, 1.807) is 19.3 Å². The van der Waals surface area contributed by atoms with E-state index in [4.69, 9.17) is 4.74 Å². The van der Waals surface area contributed by atoms with Crippen molar-refractivity contribution in [2.24, 2.45) is 0 Å². The van der Waals surface area contributed by atoms with Crippen LogP contribution in [0.25, 0.3) is 17.2 Å². The first kappa shape index (κ1) is 22.5. The van der Waals surface area contributed by atoms with Crippen LogP contribution in [0.4, 0.5) is 4.79 Å². The Kier molecular flexibility index (Phi) is 5.40. The molecule has 5 nitrogen and oxygen atoms in total. The molecule has 0 atom stereocenters. The Balaban J connectivity index is 1.91. The molecule has 2 aromatic carbocycles. The van der Waals surface area contributed by atoms with Crippen LogP contribution in [0.1, 0.15) is 62.8 Å². The Hall–Kier alpha value is -2.73. The van der Waals surface area contributed by atoms with Gasteiger partial charge in [0.05, 0.1) is 12.0 Å². The topological polar surface area (TPSA) is 75.6 Å². The summed E-state index contributed by atoms with van der Waals surface area (Å²) in [6.07, 6.45) is 3.80. The van der Waals surface area contributed by atoms with Gasteiger partial charge in [0, 0.05) is 17.2 Å². The minimum atomic E-state index is -0.453. The van der Waals surface area contributed by atoms with Crippen molar-refractivity contribution in [1.82, 2.24) is 5.32 Å². The van der Waals surface area contributed by atoms with Crippen molar-refractivity contribution >= 4 is 29.0 Å². The number of carbonyl (C=O) groups excluding carboxylic acids is 2. The molecule has 1 aliphatic carbocycles. The Morgan fingerprint density at radius 1 is 1.00 bits per heavy atom. The van der Waals surface area contributed by atoms with E-state index in [2.05, 4.69) is 52.1 Å². The van der Waals surface area contributed by atoms with Gasteiger partial charge in [-0.15, -0.1) is 0 Å². The number of phenols is 1. The summed E-state index contributed by atoms with van der Waals surface area (Å²) in [5, 5.41) is 12.4. The average molecular weight is 452 g/mol. The summed E-state index contributed by atoms with van der Waals surface area (Å²) in [6.45, 7) is 11.3. The summed E-state index contributed by atoms with van der Waals surface area (Å²) < 4.78 is 5.62. The van der Waals surface area contributed by atoms with Gasteiger partial charge in [-0.2, -0.15) is 0 Å². The molecule has 0 unspecified atom stereocenters. The molecule has 2 amide bonds. The maximum Gasteiger partial charge on any atom is 0.290 e. The summed E-state index contributed by atoms with van der Waals surface area (Å²) in [7, 11) is 1.58. The zero-order valence-corrected chi connectivity index (χ0v) is 20.2. The molecule has 4 rings (SSSR count). The largest absolute Gasteiger partial charge is 0.507 e. The Bertz CT molecular complexity index is 1180. The van der Waals surface area contributed by atoms with E-state index in [0.717, 1.165) is 41.3 Å². The number of ether oxygens (including phenoxy) is 1. The van der Waals surface area contributed by atoms with Crippen LogP contribution < -0.4 is 10.1 Å². The van der Waals surface area contributed by atoms with E-state index in [9.17, 15) is 14.7 Å². The fourth-order valence-electron chi connectivity index (χ4n) is 4.66. The van der Waals surface area contributed by atoms with E-state index in [1.165, 1.54) is 11.1 Å². The number of phenolic OH excluding ortho intramolecular Hbond substituents is 1. The van der Waals surface area contributed by atoms with Gasteiger partial charge >= 0.3 is 0 Å². The van der Waals surface area contributed by atoms with Gasteiger partial charge in [0.25, 0.3) is 11.1 Å². The number of hydrogen-bond donors (Lipinski definition) is 2. The molecule has 6 heteroatoms. The number of aryl methyl sites for hydroxylation is 1. The van der Waals surface area contributed by atoms with Gasteiger partial charge in [-0.3, -0.25) is 14.9 Å². The standard InChI is InChI=1S/C26H29NO4S/c1-14-9-18-19(26(4,5)8-7-25(18,2)3)12-16(14)17-10-15(20(28)13-21(17)31-6)11-22-23(29)27-24(30)32-22/h9-13,28H,7-8H2,1-6H3,(H,27,29,30)/b22-11-. The Morgan fingerprint density at radius 2 is 1.62 bits per heavy atom. The van der Waals surface area contributed by atoms with Gasteiger partial charge in [-0.1, -0.05) is 33.8 Å². The molecule has 0 aromatic heterocycles. The number of benzene rings is 2. The van der Waals surface area contributed by atoms with Crippen LogP contribution in [0, 0.1) is 6.92 Å². The second kappa shape index (κ2) is 7.69.